The smallest absolute Gasteiger partial charge is 0.0107 e. The van der Waals surface area contributed by atoms with Crippen LogP contribution < -0.4 is 11.1 Å². The lowest BCUT2D eigenvalue weighted by atomic mass is 9.85. The second-order valence-corrected chi connectivity index (χ2v) is 4.80. The van der Waals surface area contributed by atoms with Gasteiger partial charge in [-0.3, -0.25) is 0 Å². The van der Waals surface area contributed by atoms with Crippen molar-refractivity contribution in [3.05, 3.63) is 0 Å². The van der Waals surface area contributed by atoms with Crippen molar-refractivity contribution in [2.45, 2.75) is 52.0 Å². The third-order valence-electron chi connectivity index (χ3n) is 3.62. The first-order chi connectivity index (χ1) is 6.77. The van der Waals surface area contributed by atoms with Crippen molar-refractivity contribution in [1.82, 2.24) is 5.32 Å². The van der Waals surface area contributed by atoms with E-state index in [4.69, 9.17) is 5.73 Å². The molecule has 2 nitrogen and oxygen atoms in total. The molecule has 0 aromatic heterocycles. The van der Waals surface area contributed by atoms with Crippen molar-refractivity contribution in [3.63, 3.8) is 0 Å². The molecule has 84 valence electrons. The molecule has 3 atom stereocenters. The van der Waals surface area contributed by atoms with Crippen molar-refractivity contribution in [2.24, 2.45) is 17.6 Å². The fraction of sp³-hybridized carbons (Fsp3) is 1.00. The van der Waals surface area contributed by atoms with E-state index in [0.29, 0.717) is 12.0 Å². The molecule has 1 heterocycles. The SMILES string of the molecule is CC[C@H](C)C[C@H](CN)[C@@H]1CCCCN1. The summed E-state index contributed by atoms with van der Waals surface area (Å²) in [6, 6.07) is 0.697. The number of rotatable bonds is 5. The van der Waals surface area contributed by atoms with Gasteiger partial charge in [0, 0.05) is 6.04 Å². The molecule has 0 unspecified atom stereocenters. The van der Waals surface area contributed by atoms with E-state index in [1.807, 2.05) is 0 Å². The van der Waals surface area contributed by atoms with Gasteiger partial charge in [-0.25, -0.2) is 0 Å². The van der Waals surface area contributed by atoms with Gasteiger partial charge in [0.1, 0.15) is 0 Å². The second kappa shape index (κ2) is 6.41. The van der Waals surface area contributed by atoms with E-state index < -0.39 is 0 Å². The van der Waals surface area contributed by atoms with Crippen LogP contribution in [0.1, 0.15) is 46.0 Å². The number of hydrogen-bond donors (Lipinski definition) is 2. The van der Waals surface area contributed by atoms with Gasteiger partial charge in [-0.15, -0.1) is 0 Å². The maximum absolute atomic E-state index is 5.87. The maximum Gasteiger partial charge on any atom is 0.0107 e. The predicted molar refractivity (Wildman–Crippen MR) is 62.3 cm³/mol. The molecule has 0 radical (unpaired) electrons. The Morgan fingerprint density at radius 1 is 1.43 bits per heavy atom. The fourth-order valence-corrected chi connectivity index (χ4v) is 2.39. The van der Waals surface area contributed by atoms with E-state index in [0.717, 1.165) is 12.5 Å². The van der Waals surface area contributed by atoms with Gasteiger partial charge in [0.25, 0.3) is 0 Å². The van der Waals surface area contributed by atoms with Crippen LogP contribution in [0.4, 0.5) is 0 Å². The lowest BCUT2D eigenvalue weighted by molar-refractivity contribution is 0.257. The average molecular weight is 198 g/mol. The zero-order valence-corrected chi connectivity index (χ0v) is 9.76. The maximum atomic E-state index is 5.87. The summed E-state index contributed by atoms with van der Waals surface area (Å²) in [5.74, 6) is 1.53. The van der Waals surface area contributed by atoms with Crippen molar-refractivity contribution >= 4 is 0 Å². The topological polar surface area (TPSA) is 38.0 Å². The minimum atomic E-state index is 0.697. The van der Waals surface area contributed by atoms with Gasteiger partial charge in [0.05, 0.1) is 0 Å². The summed E-state index contributed by atoms with van der Waals surface area (Å²) in [5, 5.41) is 3.62. The van der Waals surface area contributed by atoms with Crippen LogP contribution in [0.5, 0.6) is 0 Å². The lowest BCUT2D eigenvalue weighted by Gasteiger charge is -2.32. The Hall–Kier alpha value is -0.0800. The van der Waals surface area contributed by atoms with Gasteiger partial charge >= 0.3 is 0 Å². The zero-order chi connectivity index (χ0) is 10.4. The van der Waals surface area contributed by atoms with Crippen LogP contribution in [0.2, 0.25) is 0 Å². The fourth-order valence-electron chi connectivity index (χ4n) is 2.39. The van der Waals surface area contributed by atoms with Gasteiger partial charge < -0.3 is 11.1 Å². The molecular formula is C12H26N2. The molecule has 1 rings (SSSR count). The van der Waals surface area contributed by atoms with Crippen LogP contribution in [0.25, 0.3) is 0 Å². The van der Waals surface area contributed by atoms with E-state index >= 15 is 0 Å². The summed E-state index contributed by atoms with van der Waals surface area (Å²) in [5.41, 5.74) is 5.87. The quantitative estimate of drug-likeness (QED) is 0.710. The molecule has 1 aliphatic heterocycles. The summed E-state index contributed by atoms with van der Waals surface area (Å²) in [6.45, 7) is 6.65. The predicted octanol–water partition coefficient (Wildman–Crippen LogP) is 2.14. The van der Waals surface area contributed by atoms with Gasteiger partial charge in [-0.2, -0.15) is 0 Å². The monoisotopic (exact) mass is 198 g/mol. The Bertz CT molecular complexity index is 141. The highest BCUT2D eigenvalue weighted by atomic mass is 14.9. The largest absolute Gasteiger partial charge is 0.330 e. The standard InChI is InChI=1S/C12H26N2/c1-3-10(2)8-11(9-13)12-6-4-5-7-14-12/h10-12,14H,3-9,13H2,1-2H3/t10-,11+,12-/m0/s1. The first-order valence-corrected chi connectivity index (χ1v) is 6.21. The number of hydrogen-bond acceptors (Lipinski definition) is 2. The highest BCUT2D eigenvalue weighted by Crippen LogP contribution is 2.22. The van der Waals surface area contributed by atoms with E-state index in [1.54, 1.807) is 0 Å². The number of nitrogens with one attached hydrogen (secondary N) is 1. The van der Waals surface area contributed by atoms with Gasteiger partial charge in [-0.1, -0.05) is 26.7 Å². The molecule has 2 heteroatoms. The average Bonchev–Trinajstić information content (AvgIpc) is 2.26. The van der Waals surface area contributed by atoms with Crippen molar-refractivity contribution in [1.29, 1.82) is 0 Å². The molecular weight excluding hydrogens is 172 g/mol. The molecule has 0 bridgehead atoms. The highest BCUT2D eigenvalue weighted by Gasteiger charge is 2.23. The Morgan fingerprint density at radius 3 is 2.71 bits per heavy atom. The minimum Gasteiger partial charge on any atom is -0.330 e. The second-order valence-electron chi connectivity index (χ2n) is 4.80. The van der Waals surface area contributed by atoms with Crippen LogP contribution in [0.3, 0.4) is 0 Å². The Balaban J connectivity index is 2.35. The van der Waals surface area contributed by atoms with E-state index in [9.17, 15) is 0 Å². The summed E-state index contributed by atoms with van der Waals surface area (Å²) in [6.07, 6.45) is 6.64. The summed E-state index contributed by atoms with van der Waals surface area (Å²) in [4.78, 5) is 0. The van der Waals surface area contributed by atoms with Crippen LogP contribution in [-0.2, 0) is 0 Å². The zero-order valence-electron chi connectivity index (χ0n) is 9.76. The van der Waals surface area contributed by atoms with Crippen LogP contribution in [-0.4, -0.2) is 19.1 Å². The summed E-state index contributed by atoms with van der Waals surface area (Å²) in [7, 11) is 0. The van der Waals surface area contributed by atoms with Crippen LogP contribution in [0.15, 0.2) is 0 Å². The Kier molecular flexibility index (Phi) is 5.49. The molecule has 14 heavy (non-hydrogen) atoms. The Morgan fingerprint density at radius 2 is 2.21 bits per heavy atom. The molecule has 0 spiro atoms. The number of piperidine rings is 1. The van der Waals surface area contributed by atoms with Gasteiger partial charge in [0.2, 0.25) is 0 Å². The van der Waals surface area contributed by atoms with Crippen molar-refractivity contribution < 1.29 is 0 Å². The first kappa shape index (κ1) is 12.0. The van der Waals surface area contributed by atoms with Gasteiger partial charge in [-0.05, 0) is 44.2 Å². The van der Waals surface area contributed by atoms with Crippen LogP contribution >= 0.6 is 0 Å². The Labute approximate surface area is 88.6 Å². The molecule has 1 saturated heterocycles. The van der Waals surface area contributed by atoms with Gasteiger partial charge in [0.15, 0.2) is 0 Å². The van der Waals surface area contributed by atoms with Crippen molar-refractivity contribution in [3.8, 4) is 0 Å². The van der Waals surface area contributed by atoms with E-state index in [2.05, 4.69) is 19.2 Å². The molecule has 0 saturated carbocycles. The molecule has 3 N–H and O–H groups in total. The van der Waals surface area contributed by atoms with Crippen molar-refractivity contribution in [2.75, 3.05) is 13.1 Å². The molecule has 1 fully saturated rings. The minimum absolute atomic E-state index is 0.697. The molecule has 1 aliphatic rings. The third-order valence-corrected chi connectivity index (χ3v) is 3.62. The molecule has 0 aromatic carbocycles. The summed E-state index contributed by atoms with van der Waals surface area (Å²) < 4.78 is 0. The van der Waals surface area contributed by atoms with E-state index in [1.165, 1.54) is 38.6 Å². The normalized spacial score (nSPS) is 27.2. The molecule has 0 aromatic rings. The lowest BCUT2D eigenvalue weighted by Crippen LogP contribution is -2.43. The first-order valence-electron chi connectivity index (χ1n) is 6.21. The number of nitrogens with two attached hydrogens (primary N) is 1. The third kappa shape index (κ3) is 3.58. The highest BCUT2D eigenvalue weighted by molar-refractivity contribution is 4.81. The van der Waals surface area contributed by atoms with Crippen LogP contribution in [0, 0.1) is 11.8 Å². The molecule has 0 aliphatic carbocycles. The summed E-state index contributed by atoms with van der Waals surface area (Å²) >= 11 is 0. The van der Waals surface area contributed by atoms with E-state index in [-0.39, 0.29) is 0 Å². The molecule has 0 amide bonds.